The molecular formula is C15H24N2O2S2. The lowest BCUT2D eigenvalue weighted by Crippen LogP contribution is -2.48. The number of nitrogens with two attached hydrogens (primary N) is 1. The van der Waals surface area contributed by atoms with E-state index in [1.807, 2.05) is 38.6 Å². The maximum absolute atomic E-state index is 13.0. The average Bonchev–Trinajstić information content (AvgIpc) is 2.41. The second-order valence-corrected chi connectivity index (χ2v) is 9.02. The van der Waals surface area contributed by atoms with Crippen LogP contribution >= 0.6 is 11.8 Å². The summed E-state index contributed by atoms with van der Waals surface area (Å²) in [6, 6.07) is 3.68. The molecule has 0 amide bonds. The van der Waals surface area contributed by atoms with E-state index < -0.39 is 10.0 Å². The highest BCUT2D eigenvalue weighted by Gasteiger charge is 2.35. The van der Waals surface area contributed by atoms with E-state index in [1.54, 1.807) is 10.4 Å². The Labute approximate surface area is 132 Å². The number of aryl methyl sites for hydroxylation is 2. The number of thioether (sulfide) groups is 1. The van der Waals surface area contributed by atoms with E-state index in [9.17, 15) is 8.42 Å². The minimum absolute atomic E-state index is 0.00998. The molecule has 0 spiro atoms. The summed E-state index contributed by atoms with van der Waals surface area (Å²) in [4.78, 5) is 0.402. The molecule has 4 nitrogen and oxygen atoms in total. The molecule has 1 fully saturated rings. The fourth-order valence-electron chi connectivity index (χ4n) is 2.74. The van der Waals surface area contributed by atoms with Crippen molar-refractivity contribution >= 4 is 21.8 Å². The maximum Gasteiger partial charge on any atom is 0.243 e. The van der Waals surface area contributed by atoms with Gasteiger partial charge in [-0.2, -0.15) is 16.1 Å². The Morgan fingerprint density at radius 3 is 2.57 bits per heavy atom. The van der Waals surface area contributed by atoms with Crippen molar-refractivity contribution in [3.63, 3.8) is 0 Å². The van der Waals surface area contributed by atoms with Gasteiger partial charge in [0.15, 0.2) is 0 Å². The molecule has 1 aromatic carbocycles. The molecule has 1 heterocycles. The lowest BCUT2D eigenvalue weighted by Gasteiger charge is -2.36. The van der Waals surface area contributed by atoms with Gasteiger partial charge in [-0.15, -0.1) is 0 Å². The van der Waals surface area contributed by atoms with E-state index in [0.717, 1.165) is 22.4 Å². The van der Waals surface area contributed by atoms with Gasteiger partial charge in [0.05, 0.1) is 4.90 Å². The SMILES string of the molecule is Cc1cc(C)c(S(=O)(=O)N2CCSC(C)C2C)cc1CN. The largest absolute Gasteiger partial charge is 0.326 e. The second kappa shape index (κ2) is 6.28. The van der Waals surface area contributed by atoms with Gasteiger partial charge in [0.2, 0.25) is 10.0 Å². The molecule has 0 radical (unpaired) electrons. The standard InChI is InChI=1S/C15H24N2O2S2/c1-10-7-11(2)15(8-14(10)9-16)21(18,19)17-5-6-20-13(4)12(17)3/h7-8,12-13H,5-6,9,16H2,1-4H3. The van der Waals surface area contributed by atoms with Crippen LogP contribution in [-0.2, 0) is 16.6 Å². The zero-order valence-electron chi connectivity index (χ0n) is 13.1. The van der Waals surface area contributed by atoms with Gasteiger partial charge in [-0.3, -0.25) is 0 Å². The maximum atomic E-state index is 13.0. The van der Waals surface area contributed by atoms with Crippen molar-refractivity contribution in [1.29, 1.82) is 0 Å². The molecule has 0 aromatic heterocycles. The Balaban J connectivity index is 2.49. The topological polar surface area (TPSA) is 63.4 Å². The molecule has 0 aliphatic carbocycles. The summed E-state index contributed by atoms with van der Waals surface area (Å²) in [7, 11) is -3.46. The second-order valence-electron chi connectivity index (χ2n) is 5.68. The number of benzene rings is 1. The number of hydrogen-bond acceptors (Lipinski definition) is 4. The van der Waals surface area contributed by atoms with E-state index >= 15 is 0 Å². The summed E-state index contributed by atoms with van der Waals surface area (Å²) in [6.45, 7) is 8.83. The van der Waals surface area contributed by atoms with Crippen LogP contribution in [0.25, 0.3) is 0 Å². The first-order valence-electron chi connectivity index (χ1n) is 7.22. The highest BCUT2D eigenvalue weighted by Crippen LogP contribution is 2.31. The van der Waals surface area contributed by atoms with E-state index in [4.69, 9.17) is 5.73 Å². The Morgan fingerprint density at radius 1 is 1.29 bits per heavy atom. The highest BCUT2D eigenvalue weighted by molar-refractivity contribution is 8.00. The summed E-state index contributed by atoms with van der Waals surface area (Å²) < 4.78 is 27.7. The van der Waals surface area contributed by atoms with Crippen LogP contribution in [0.1, 0.15) is 30.5 Å². The summed E-state index contributed by atoms with van der Waals surface area (Å²) >= 11 is 1.83. The van der Waals surface area contributed by atoms with Gasteiger partial charge in [-0.05, 0) is 43.5 Å². The van der Waals surface area contributed by atoms with E-state index in [1.165, 1.54) is 0 Å². The minimum atomic E-state index is -3.46. The zero-order valence-corrected chi connectivity index (χ0v) is 14.7. The monoisotopic (exact) mass is 328 g/mol. The van der Waals surface area contributed by atoms with Crippen LogP contribution in [0, 0.1) is 13.8 Å². The number of hydrogen-bond donors (Lipinski definition) is 1. The van der Waals surface area contributed by atoms with Crippen LogP contribution in [0.5, 0.6) is 0 Å². The normalized spacial score (nSPS) is 24.2. The smallest absolute Gasteiger partial charge is 0.243 e. The number of rotatable bonds is 3. The molecule has 6 heteroatoms. The number of nitrogens with zero attached hydrogens (tertiary/aromatic N) is 1. The van der Waals surface area contributed by atoms with Crippen LogP contribution in [-0.4, -0.2) is 36.3 Å². The van der Waals surface area contributed by atoms with E-state index in [-0.39, 0.29) is 6.04 Å². The quantitative estimate of drug-likeness (QED) is 0.924. The molecule has 1 aromatic rings. The van der Waals surface area contributed by atoms with Crippen molar-refractivity contribution in [2.45, 2.75) is 50.4 Å². The van der Waals surface area contributed by atoms with Crippen LogP contribution in [0.2, 0.25) is 0 Å². The Hall–Kier alpha value is -0.560. The van der Waals surface area contributed by atoms with Crippen LogP contribution in [0.3, 0.4) is 0 Å². The zero-order chi connectivity index (χ0) is 15.8. The summed E-state index contributed by atoms with van der Waals surface area (Å²) in [6.07, 6.45) is 0. The molecule has 1 aliphatic rings. The minimum Gasteiger partial charge on any atom is -0.326 e. The van der Waals surface area contributed by atoms with Crippen LogP contribution in [0.4, 0.5) is 0 Å². The first-order valence-corrected chi connectivity index (χ1v) is 9.71. The predicted octanol–water partition coefficient (Wildman–Crippen LogP) is 2.28. The summed E-state index contributed by atoms with van der Waals surface area (Å²) in [5.41, 5.74) is 8.46. The number of sulfonamides is 1. The van der Waals surface area contributed by atoms with Crippen molar-refractivity contribution in [3.05, 3.63) is 28.8 Å². The fourth-order valence-corrected chi connectivity index (χ4v) is 6.00. The Morgan fingerprint density at radius 2 is 1.95 bits per heavy atom. The molecule has 2 rings (SSSR count). The van der Waals surface area contributed by atoms with Crippen LogP contribution in [0.15, 0.2) is 17.0 Å². The van der Waals surface area contributed by atoms with Crippen molar-refractivity contribution in [1.82, 2.24) is 4.31 Å². The van der Waals surface area contributed by atoms with Gasteiger partial charge < -0.3 is 5.73 Å². The molecule has 21 heavy (non-hydrogen) atoms. The first-order chi connectivity index (χ1) is 9.78. The average molecular weight is 329 g/mol. The van der Waals surface area contributed by atoms with Gasteiger partial charge in [0, 0.05) is 30.1 Å². The van der Waals surface area contributed by atoms with Crippen molar-refractivity contribution < 1.29 is 8.42 Å². The fraction of sp³-hybridized carbons (Fsp3) is 0.600. The first kappa shape index (κ1) is 16.8. The van der Waals surface area contributed by atoms with Gasteiger partial charge in [-0.25, -0.2) is 8.42 Å². The van der Waals surface area contributed by atoms with Gasteiger partial charge in [-0.1, -0.05) is 13.0 Å². The molecule has 0 bridgehead atoms. The molecule has 118 valence electrons. The Bertz CT molecular complexity index is 629. The van der Waals surface area contributed by atoms with Crippen molar-refractivity contribution in [2.24, 2.45) is 5.73 Å². The third kappa shape index (κ3) is 3.13. The summed E-state index contributed by atoms with van der Waals surface area (Å²) in [5.74, 6) is 0.847. The predicted molar refractivity (Wildman–Crippen MR) is 89.1 cm³/mol. The van der Waals surface area contributed by atoms with Crippen molar-refractivity contribution in [2.75, 3.05) is 12.3 Å². The molecule has 1 saturated heterocycles. The lowest BCUT2D eigenvalue weighted by atomic mass is 10.1. The molecule has 2 atom stereocenters. The molecule has 0 saturated carbocycles. The van der Waals surface area contributed by atoms with Crippen LogP contribution < -0.4 is 5.73 Å². The molecule has 1 aliphatic heterocycles. The Kier molecular flexibility index (Phi) is 5.03. The molecular weight excluding hydrogens is 304 g/mol. The van der Waals surface area contributed by atoms with E-state index in [2.05, 4.69) is 6.92 Å². The highest BCUT2D eigenvalue weighted by atomic mass is 32.2. The summed E-state index contributed by atoms with van der Waals surface area (Å²) in [5, 5.41) is 0.313. The molecule has 2 unspecified atom stereocenters. The third-order valence-electron chi connectivity index (χ3n) is 4.27. The van der Waals surface area contributed by atoms with Gasteiger partial charge >= 0.3 is 0 Å². The van der Waals surface area contributed by atoms with E-state index in [0.29, 0.717) is 23.2 Å². The van der Waals surface area contributed by atoms with Gasteiger partial charge in [0.25, 0.3) is 0 Å². The lowest BCUT2D eigenvalue weighted by molar-refractivity contribution is 0.340. The van der Waals surface area contributed by atoms with Gasteiger partial charge in [0.1, 0.15) is 0 Å². The molecule has 2 N–H and O–H groups in total. The van der Waals surface area contributed by atoms with Crippen molar-refractivity contribution in [3.8, 4) is 0 Å². The third-order valence-corrected chi connectivity index (χ3v) is 7.73.